The fourth-order valence-electron chi connectivity index (χ4n) is 1.12. The molecule has 0 aromatic heterocycles. The smallest absolute Gasteiger partial charge is 0.0940 e. The van der Waals surface area contributed by atoms with Crippen molar-refractivity contribution in [3.8, 4) is 0 Å². The van der Waals surface area contributed by atoms with Crippen LogP contribution in [-0.2, 0) is 0 Å². The minimum atomic E-state index is -0.531. The Morgan fingerprint density at radius 2 is 1.92 bits per heavy atom. The topological polar surface area (TPSA) is 46.2 Å². The monoisotopic (exact) mass is 165 g/mol. The van der Waals surface area contributed by atoms with Crippen LogP contribution in [0, 0.1) is 0 Å². The van der Waals surface area contributed by atoms with E-state index >= 15 is 0 Å². The molecule has 0 heterocycles. The van der Waals surface area contributed by atoms with Crippen LogP contribution in [-0.4, -0.2) is 11.1 Å². The summed E-state index contributed by atoms with van der Waals surface area (Å²) in [6.45, 7) is 1.97. The molecule has 0 bridgehead atoms. The van der Waals surface area contributed by atoms with Crippen LogP contribution in [0.15, 0.2) is 30.3 Å². The molecular weight excluding hydrogens is 150 g/mol. The molecule has 0 fully saturated rings. The summed E-state index contributed by atoms with van der Waals surface area (Å²) in [5.74, 6) is 0. The van der Waals surface area contributed by atoms with Crippen molar-refractivity contribution in [1.29, 1.82) is 0 Å². The first-order valence-electron chi connectivity index (χ1n) is 4.24. The second kappa shape index (κ2) is 4.24. The highest BCUT2D eigenvalue weighted by atomic mass is 16.3. The molecule has 1 rings (SSSR count). The number of rotatable bonds is 3. The summed E-state index contributed by atoms with van der Waals surface area (Å²) in [5.41, 5.74) is 6.59. The van der Waals surface area contributed by atoms with Crippen LogP contribution in [0.4, 0.5) is 0 Å². The molecule has 0 saturated heterocycles. The van der Waals surface area contributed by atoms with Crippen LogP contribution in [0.3, 0.4) is 0 Å². The lowest BCUT2D eigenvalue weighted by Gasteiger charge is -2.16. The average molecular weight is 165 g/mol. The molecule has 12 heavy (non-hydrogen) atoms. The minimum absolute atomic E-state index is 0.160. The third-order valence-electron chi connectivity index (χ3n) is 2.02. The second-order valence-electron chi connectivity index (χ2n) is 2.93. The molecule has 2 unspecified atom stereocenters. The SMILES string of the molecule is CCC(N)C(O)c1ccccc1. The number of nitrogens with two attached hydrogens (primary N) is 1. The van der Waals surface area contributed by atoms with Gasteiger partial charge >= 0.3 is 0 Å². The summed E-state index contributed by atoms with van der Waals surface area (Å²) in [6.07, 6.45) is 0.256. The molecule has 0 aliphatic heterocycles. The first kappa shape index (κ1) is 9.23. The van der Waals surface area contributed by atoms with E-state index in [1.54, 1.807) is 0 Å². The lowest BCUT2D eigenvalue weighted by atomic mass is 10.0. The molecule has 2 nitrogen and oxygen atoms in total. The quantitative estimate of drug-likeness (QED) is 0.712. The fraction of sp³-hybridized carbons (Fsp3) is 0.400. The molecule has 2 atom stereocenters. The summed E-state index contributed by atoms with van der Waals surface area (Å²) >= 11 is 0. The highest BCUT2D eigenvalue weighted by molar-refractivity contribution is 5.18. The maximum atomic E-state index is 9.66. The van der Waals surface area contributed by atoms with E-state index in [1.165, 1.54) is 0 Å². The van der Waals surface area contributed by atoms with Crippen molar-refractivity contribution >= 4 is 0 Å². The normalized spacial score (nSPS) is 15.6. The first-order chi connectivity index (χ1) is 5.75. The molecule has 0 saturated carbocycles. The predicted octanol–water partition coefficient (Wildman–Crippen LogP) is 1.46. The van der Waals surface area contributed by atoms with Crippen molar-refractivity contribution < 1.29 is 5.11 Å². The van der Waals surface area contributed by atoms with Crippen LogP contribution in [0.5, 0.6) is 0 Å². The Morgan fingerprint density at radius 3 is 2.42 bits per heavy atom. The van der Waals surface area contributed by atoms with E-state index in [4.69, 9.17) is 5.73 Å². The lowest BCUT2D eigenvalue weighted by Crippen LogP contribution is -2.27. The Balaban J connectivity index is 2.71. The Hall–Kier alpha value is -0.860. The third kappa shape index (κ3) is 2.06. The van der Waals surface area contributed by atoms with Gasteiger partial charge in [0, 0.05) is 6.04 Å². The van der Waals surface area contributed by atoms with Gasteiger partial charge in [0.15, 0.2) is 0 Å². The minimum Gasteiger partial charge on any atom is -0.387 e. The number of aliphatic hydroxyl groups excluding tert-OH is 1. The highest BCUT2D eigenvalue weighted by Gasteiger charge is 2.13. The predicted molar refractivity (Wildman–Crippen MR) is 49.7 cm³/mol. The Kier molecular flexibility index (Phi) is 3.26. The van der Waals surface area contributed by atoms with Gasteiger partial charge in [-0.1, -0.05) is 37.3 Å². The maximum absolute atomic E-state index is 9.66. The largest absolute Gasteiger partial charge is 0.387 e. The van der Waals surface area contributed by atoms with E-state index in [1.807, 2.05) is 37.3 Å². The zero-order valence-electron chi connectivity index (χ0n) is 7.27. The molecule has 3 N–H and O–H groups in total. The molecule has 0 spiro atoms. The van der Waals surface area contributed by atoms with Crippen molar-refractivity contribution in [2.45, 2.75) is 25.5 Å². The van der Waals surface area contributed by atoms with Gasteiger partial charge in [-0.25, -0.2) is 0 Å². The van der Waals surface area contributed by atoms with Gasteiger partial charge < -0.3 is 10.8 Å². The Labute approximate surface area is 73.0 Å². The van der Waals surface area contributed by atoms with Crippen LogP contribution in [0.2, 0.25) is 0 Å². The van der Waals surface area contributed by atoms with Gasteiger partial charge in [0.2, 0.25) is 0 Å². The van der Waals surface area contributed by atoms with Crippen molar-refractivity contribution in [2.24, 2.45) is 5.73 Å². The third-order valence-corrected chi connectivity index (χ3v) is 2.02. The van der Waals surface area contributed by atoms with Gasteiger partial charge in [-0.3, -0.25) is 0 Å². The summed E-state index contributed by atoms with van der Waals surface area (Å²) in [7, 11) is 0. The number of hydrogen-bond donors (Lipinski definition) is 2. The van der Waals surface area contributed by atoms with Crippen molar-refractivity contribution in [1.82, 2.24) is 0 Å². The molecule has 0 amide bonds. The fourth-order valence-corrected chi connectivity index (χ4v) is 1.12. The summed E-state index contributed by atoms with van der Waals surface area (Å²) in [6, 6.07) is 9.35. The molecule has 0 aliphatic carbocycles. The van der Waals surface area contributed by atoms with Gasteiger partial charge in [0.05, 0.1) is 6.10 Å². The maximum Gasteiger partial charge on any atom is 0.0940 e. The van der Waals surface area contributed by atoms with E-state index in [-0.39, 0.29) is 6.04 Å². The van der Waals surface area contributed by atoms with Gasteiger partial charge in [-0.05, 0) is 12.0 Å². The highest BCUT2D eigenvalue weighted by Crippen LogP contribution is 2.16. The first-order valence-corrected chi connectivity index (χ1v) is 4.24. The van der Waals surface area contributed by atoms with Gasteiger partial charge in [0.25, 0.3) is 0 Å². The number of benzene rings is 1. The summed E-state index contributed by atoms with van der Waals surface area (Å²) < 4.78 is 0. The molecule has 2 heteroatoms. The molecular formula is C10H15NO. The molecule has 1 aromatic rings. The zero-order chi connectivity index (χ0) is 8.97. The number of hydrogen-bond acceptors (Lipinski definition) is 2. The van der Waals surface area contributed by atoms with E-state index in [0.717, 1.165) is 12.0 Å². The van der Waals surface area contributed by atoms with Crippen LogP contribution >= 0.6 is 0 Å². The number of aliphatic hydroxyl groups is 1. The van der Waals surface area contributed by atoms with Gasteiger partial charge in [-0.2, -0.15) is 0 Å². The van der Waals surface area contributed by atoms with Crippen molar-refractivity contribution in [2.75, 3.05) is 0 Å². The molecule has 1 aromatic carbocycles. The summed E-state index contributed by atoms with van der Waals surface area (Å²) in [4.78, 5) is 0. The standard InChI is InChI=1S/C10H15NO/c1-2-9(11)10(12)8-6-4-3-5-7-8/h3-7,9-10,12H,2,11H2,1H3. The van der Waals surface area contributed by atoms with Crippen LogP contribution in [0.25, 0.3) is 0 Å². The second-order valence-corrected chi connectivity index (χ2v) is 2.93. The molecule has 66 valence electrons. The molecule has 0 aliphatic rings. The van der Waals surface area contributed by atoms with Crippen molar-refractivity contribution in [3.05, 3.63) is 35.9 Å². The Bertz CT molecular complexity index is 223. The lowest BCUT2D eigenvalue weighted by molar-refractivity contribution is 0.144. The molecule has 0 radical (unpaired) electrons. The van der Waals surface area contributed by atoms with E-state index in [9.17, 15) is 5.11 Å². The van der Waals surface area contributed by atoms with E-state index in [2.05, 4.69) is 0 Å². The zero-order valence-corrected chi connectivity index (χ0v) is 7.27. The van der Waals surface area contributed by atoms with Crippen molar-refractivity contribution in [3.63, 3.8) is 0 Å². The van der Waals surface area contributed by atoms with Crippen LogP contribution < -0.4 is 5.73 Å². The van der Waals surface area contributed by atoms with Gasteiger partial charge in [0.1, 0.15) is 0 Å². The Morgan fingerprint density at radius 1 is 1.33 bits per heavy atom. The van der Waals surface area contributed by atoms with Crippen LogP contribution in [0.1, 0.15) is 25.0 Å². The van der Waals surface area contributed by atoms with Gasteiger partial charge in [-0.15, -0.1) is 0 Å². The summed E-state index contributed by atoms with van der Waals surface area (Å²) in [5, 5.41) is 9.66. The average Bonchev–Trinajstić information content (AvgIpc) is 2.17. The van der Waals surface area contributed by atoms with E-state index in [0.29, 0.717) is 0 Å². The van der Waals surface area contributed by atoms with E-state index < -0.39 is 6.10 Å².